The maximum Gasteiger partial charge on any atom is 0.0810 e. The third kappa shape index (κ3) is 2.73. The van der Waals surface area contributed by atoms with Crippen LogP contribution in [0.15, 0.2) is 18.2 Å². The summed E-state index contributed by atoms with van der Waals surface area (Å²) in [4.78, 5) is 2.21. The first kappa shape index (κ1) is 12.7. The molecule has 1 saturated heterocycles. The van der Waals surface area contributed by atoms with Crippen molar-refractivity contribution in [2.45, 2.75) is 25.5 Å². The lowest BCUT2D eigenvalue weighted by Gasteiger charge is -2.24. The molecule has 1 aliphatic heterocycles. The maximum atomic E-state index is 10.0. The van der Waals surface area contributed by atoms with Gasteiger partial charge in [0.15, 0.2) is 0 Å². The summed E-state index contributed by atoms with van der Waals surface area (Å²) >= 11 is 6.23. The Balaban J connectivity index is 2.29. The van der Waals surface area contributed by atoms with Crippen LogP contribution < -0.4 is 10.2 Å². The van der Waals surface area contributed by atoms with E-state index in [9.17, 15) is 5.11 Å². The van der Waals surface area contributed by atoms with Crippen molar-refractivity contribution in [3.05, 3.63) is 28.8 Å². The molecule has 0 amide bonds. The van der Waals surface area contributed by atoms with Crippen LogP contribution >= 0.6 is 11.6 Å². The Labute approximate surface area is 107 Å². The summed E-state index contributed by atoms with van der Waals surface area (Å²) < 4.78 is 0. The molecular formula is C13H19ClN2O. The van der Waals surface area contributed by atoms with Gasteiger partial charge in [-0.1, -0.05) is 17.7 Å². The van der Waals surface area contributed by atoms with Crippen LogP contribution in [-0.2, 0) is 6.54 Å². The average Bonchev–Trinajstić information content (AvgIpc) is 2.62. The Morgan fingerprint density at radius 1 is 1.53 bits per heavy atom. The van der Waals surface area contributed by atoms with E-state index < -0.39 is 5.60 Å². The van der Waals surface area contributed by atoms with E-state index in [0.717, 1.165) is 35.8 Å². The Morgan fingerprint density at radius 2 is 2.29 bits per heavy atom. The number of anilines is 1. The highest BCUT2D eigenvalue weighted by Crippen LogP contribution is 2.32. The lowest BCUT2D eigenvalue weighted by molar-refractivity contribution is 0.0839. The van der Waals surface area contributed by atoms with E-state index in [0.29, 0.717) is 6.54 Å². The summed E-state index contributed by atoms with van der Waals surface area (Å²) in [7, 11) is 1.91. The van der Waals surface area contributed by atoms with Gasteiger partial charge in [0, 0.05) is 35.9 Å². The van der Waals surface area contributed by atoms with Gasteiger partial charge in [-0.2, -0.15) is 0 Å². The minimum atomic E-state index is -0.584. The predicted octanol–water partition coefficient (Wildman–Crippen LogP) is 2.02. The molecule has 2 N–H and O–H groups in total. The molecule has 94 valence electrons. The lowest BCUT2D eigenvalue weighted by Crippen LogP contribution is -2.30. The van der Waals surface area contributed by atoms with Crippen LogP contribution in [0.3, 0.4) is 0 Å². The molecule has 0 spiro atoms. The summed E-state index contributed by atoms with van der Waals surface area (Å²) in [6.07, 6.45) is 0.804. The van der Waals surface area contributed by atoms with Crippen LogP contribution in [0.25, 0.3) is 0 Å². The van der Waals surface area contributed by atoms with Gasteiger partial charge in [-0.15, -0.1) is 0 Å². The van der Waals surface area contributed by atoms with Gasteiger partial charge in [-0.3, -0.25) is 0 Å². The standard InChI is InChI=1S/C13H19ClN2O/c1-13(17)6-7-16(9-13)12-5-3-4-11(14)10(12)8-15-2/h3-5,15,17H,6-9H2,1-2H3. The van der Waals surface area contributed by atoms with Crippen LogP contribution in [-0.4, -0.2) is 30.8 Å². The van der Waals surface area contributed by atoms with Crippen molar-refractivity contribution in [2.75, 3.05) is 25.0 Å². The molecule has 1 heterocycles. The molecule has 2 rings (SSSR count). The molecule has 0 radical (unpaired) electrons. The van der Waals surface area contributed by atoms with Crippen molar-refractivity contribution in [1.29, 1.82) is 0 Å². The van der Waals surface area contributed by atoms with Gasteiger partial charge in [0.1, 0.15) is 0 Å². The number of β-amino-alcohol motifs (C(OH)–C–C–N with tert-alkyl or cyclic N) is 1. The molecule has 1 aliphatic rings. The number of benzene rings is 1. The van der Waals surface area contributed by atoms with Crippen LogP contribution in [0.1, 0.15) is 18.9 Å². The molecule has 0 saturated carbocycles. The topological polar surface area (TPSA) is 35.5 Å². The fourth-order valence-electron chi connectivity index (χ4n) is 2.35. The Kier molecular flexibility index (Phi) is 3.61. The van der Waals surface area contributed by atoms with Gasteiger partial charge in [0.25, 0.3) is 0 Å². The first-order valence-corrected chi connectivity index (χ1v) is 6.30. The van der Waals surface area contributed by atoms with Crippen molar-refractivity contribution in [2.24, 2.45) is 0 Å². The average molecular weight is 255 g/mol. The Bertz CT molecular complexity index is 406. The monoisotopic (exact) mass is 254 g/mol. The first-order valence-electron chi connectivity index (χ1n) is 5.93. The van der Waals surface area contributed by atoms with E-state index in [4.69, 9.17) is 11.6 Å². The summed E-state index contributed by atoms with van der Waals surface area (Å²) in [5.74, 6) is 0. The van der Waals surface area contributed by atoms with Gasteiger partial charge in [0.05, 0.1) is 5.60 Å². The molecule has 1 aromatic rings. The molecule has 0 aromatic heterocycles. The Hall–Kier alpha value is -0.770. The second kappa shape index (κ2) is 4.84. The largest absolute Gasteiger partial charge is 0.388 e. The van der Waals surface area contributed by atoms with Crippen molar-refractivity contribution in [3.8, 4) is 0 Å². The van der Waals surface area contributed by atoms with Crippen LogP contribution in [0.4, 0.5) is 5.69 Å². The highest BCUT2D eigenvalue weighted by Gasteiger charge is 2.32. The van der Waals surface area contributed by atoms with E-state index in [-0.39, 0.29) is 0 Å². The maximum absolute atomic E-state index is 10.0. The number of hydrogen-bond acceptors (Lipinski definition) is 3. The normalized spacial score (nSPS) is 24.4. The van der Waals surface area contributed by atoms with Gasteiger partial charge < -0.3 is 15.3 Å². The summed E-state index contributed by atoms with van der Waals surface area (Å²) in [5.41, 5.74) is 1.65. The van der Waals surface area contributed by atoms with Gasteiger partial charge in [-0.25, -0.2) is 0 Å². The fourth-order valence-corrected chi connectivity index (χ4v) is 2.58. The minimum Gasteiger partial charge on any atom is -0.388 e. The number of rotatable bonds is 3. The van der Waals surface area contributed by atoms with Gasteiger partial charge in [-0.05, 0) is 32.5 Å². The number of nitrogens with one attached hydrogen (secondary N) is 1. The number of halogens is 1. The second-order valence-corrected chi connectivity index (χ2v) is 5.34. The van der Waals surface area contributed by atoms with E-state index in [1.807, 2.05) is 26.1 Å². The molecule has 1 aromatic carbocycles. The molecule has 0 aliphatic carbocycles. The molecule has 1 fully saturated rings. The molecule has 0 bridgehead atoms. The quantitative estimate of drug-likeness (QED) is 0.866. The zero-order valence-electron chi connectivity index (χ0n) is 10.3. The van der Waals surface area contributed by atoms with E-state index in [2.05, 4.69) is 16.3 Å². The van der Waals surface area contributed by atoms with Crippen molar-refractivity contribution >= 4 is 17.3 Å². The highest BCUT2D eigenvalue weighted by molar-refractivity contribution is 6.31. The molecule has 17 heavy (non-hydrogen) atoms. The number of nitrogens with zero attached hydrogens (tertiary/aromatic N) is 1. The van der Waals surface area contributed by atoms with Crippen LogP contribution in [0.5, 0.6) is 0 Å². The Morgan fingerprint density at radius 3 is 2.88 bits per heavy atom. The smallest absolute Gasteiger partial charge is 0.0810 e. The molecule has 1 atom stereocenters. The van der Waals surface area contributed by atoms with Gasteiger partial charge >= 0.3 is 0 Å². The second-order valence-electron chi connectivity index (χ2n) is 4.94. The molecule has 3 nitrogen and oxygen atoms in total. The first-order chi connectivity index (χ1) is 8.03. The summed E-state index contributed by atoms with van der Waals surface area (Å²) in [5, 5.41) is 13.9. The highest BCUT2D eigenvalue weighted by atomic mass is 35.5. The zero-order valence-corrected chi connectivity index (χ0v) is 11.1. The van der Waals surface area contributed by atoms with Crippen LogP contribution in [0, 0.1) is 0 Å². The van der Waals surface area contributed by atoms with E-state index in [1.165, 1.54) is 0 Å². The molecule has 4 heteroatoms. The van der Waals surface area contributed by atoms with Crippen LogP contribution in [0.2, 0.25) is 5.02 Å². The zero-order chi connectivity index (χ0) is 12.5. The summed E-state index contributed by atoms with van der Waals surface area (Å²) in [6, 6.07) is 5.94. The van der Waals surface area contributed by atoms with Gasteiger partial charge in [0.2, 0.25) is 0 Å². The predicted molar refractivity (Wildman–Crippen MR) is 71.7 cm³/mol. The SMILES string of the molecule is CNCc1c(Cl)cccc1N1CCC(C)(O)C1. The molecular weight excluding hydrogens is 236 g/mol. The fraction of sp³-hybridized carbons (Fsp3) is 0.538. The van der Waals surface area contributed by atoms with Crippen molar-refractivity contribution in [3.63, 3.8) is 0 Å². The third-order valence-corrected chi connectivity index (χ3v) is 3.59. The third-order valence-electron chi connectivity index (χ3n) is 3.24. The minimum absolute atomic E-state index is 0.584. The number of aliphatic hydroxyl groups is 1. The lowest BCUT2D eigenvalue weighted by atomic mass is 10.1. The van der Waals surface area contributed by atoms with Crippen molar-refractivity contribution < 1.29 is 5.11 Å². The summed E-state index contributed by atoms with van der Waals surface area (Å²) in [6.45, 7) is 4.18. The van der Waals surface area contributed by atoms with E-state index in [1.54, 1.807) is 0 Å². The van der Waals surface area contributed by atoms with Crippen molar-refractivity contribution in [1.82, 2.24) is 5.32 Å². The van der Waals surface area contributed by atoms with E-state index >= 15 is 0 Å². The molecule has 1 unspecified atom stereocenters. The number of hydrogen-bond donors (Lipinski definition) is 2.